The van der Waals surface area contributed by atoms with Gasteiger partial charge in [-0.25, -0.2) is 0 Å². The Bertz CT molecular complexity index is 337. The monoisotopic (exact) mass is 223 g/mol. The highest BCUT2D eigenvalue weighted by molar-refractivity contribution is 5.47. The van der Waals surface area contributed by atoms with Gasteiger partial charge in [-0.05, 0) is 32.5 Å². The van der Waals surface area contributed by atoms with E-state index in [1.165, 1.54) is 0 Å². The maximum atomic E-state index is 5.78. The first-order valence-corrected chi connectivity index (χ1v) is 5.63. The summed E-state index contributed by atoms with van der Waals surface area (Å²) in [5.41, 5.74) is 6.77. The predicted molar refractivity (Wildman–Crippen MR) is 66.2 cm³/mol. The number of benzene rings is 1. The fraction of sp³-hybridized carbons (Fsp3) is 0.538. The number of nitrogens with two attached hydrogens (primary N) is 1. The molecular formula is C13H21NO2. The Hall–Kier alpha value is -1.22. The third-order valence-electron chi connectivity index (χ3n) is 2.46. The molecule has 0 saturated carbocycles. The molecule has 90 valence electrons. The topological polar surface area (TPSA) is 44.5 Å². The van der Waals surface area contributed by atoms with Crippen molar-refractivity contribution in [1.82, 2.24) is 0 Å². The number of hydrogen-bond acceptors (Lipinski definition) is 3. The van der Waals surface area contributed by atoms with E-state index in [0.29, 0.717) is 6.54 Å². The minimum absolute atomic E-state index is 0.149. The summed E-state index contributed by atoms with van der Waals surface area (Å²) in [6.07, 6.45) is 0.149. The average molecular weight is 223 g/mol. The van der Waals surface area contributed by atoms with Crippen molar-refractivity contribution in [2.45, 2.75) is 32.8 Å². The maximum absolute atomic E-state index is 5.78. The lowest BCUT2D eigenvalue weighted by molar-refractivity contribution is 0.237. The van der Waals surface area contributed by atoms with Crippen molar-refractivity contribution >= 4 is 0 Å². The number of methoxy groups -OCH3 is 1. The summed E-state index contributed by atoms with van der Waals surface area (Å²) >= 11 is 0. The molecule has 0 heterocycles. The van der Waals surface area contributed by atoms with Gasteiger partial charge in [0.15, 0.2) is 0 Å². The lowest BCUT2D eigenvalue weighted by Gasteiger charge is -2.20. The second kappa shape index (κ2) is 5.75. The molecule has 1 unspecified atom stereocenters. The van der Waals surface area contributed by atoms with Crippen LogP contribution in [0.25, 0.3) is 0 Å². The molecule has 0 bridgehead atoms. The Morgan fingerprint density at radius 1 is 1.19 bits per heavy atom. The Morgan fingerprint density at radius 3 is 2.31 bits per heavy atom. The fourth-order valence-electron chi connectivity index (χ4n) is 1.66. The molecule has 0 spiro atoms. The first-order chi connectivity index (χ1) is 7.60. The quantitative estimate of drug-likeness (QED) is 0.834. The second-order valence-electron chi connectivity index (χ2n) is 4.18. The van der Waals surface area contributed by atoms with E-state index >= 15 is 0 Å². The van der Waals surface area contributed by atoms with Gasteiger partial charge in [0.1, 0.15) is 11.5 Å². The molecule has 0 radical (unpaired) electrons. The second-order valence-corrected chi connectivity index (χ2v) is 4.18. The number of rotatable bonds is 5. The third kappa shape index (κ3) is 2.89. The van der Waals surface area contributed by atoms with Crippen LogP contribution in [0.15, 0.2) is 18.2 Å². The van der Waals surface area contributed by atoms with Gasteiger partial charge in [-0.15, -0.1) is 0 Å². The zero-order chi connectivity index (χ0) is 12.1. The van der Waals surface area contributed by atoms with E-state index in [-0.39, 0.29) is 12.0 Å². The summed E-state index contributed by atoms with van der Waals surface area (Å²) in [7, 11) is 1.67. The zero-order valence-corrected chi connectivity index (χ0v) is 10.5. The largest absolute Gasteiger partial charge is 0.496 e. The minimum atomic E-state index is 0.149. The Labute approximate surface area is 97.6 Å². The summed E-state index contributed by atoms with van der Waals surface area (Å²) in [6.45, 7) is 6.67. The van der Waals surface area contributed by atoms with Crippen LogP contribution in [-0.2, 0) is 0 Å². The van der Waals surface area contributed by atoms with Gasteiger partial charge in [-0.2, -0.15) is 0 Å². The summed E-state index contributed by atoms with van der Waals surface area (Å²) in [5.74, 6) is 1.94. The van der Waals surface area contributed by atoms with Gasteiger partial charge in [-0.1, -0.05) is 13.0 Å². The number of hydrogen-bond donors (Lipinski definition) is 1. The number of ether oxygens (including phenoxy) is 2. The lowest BCUT2D eigenvalue weighted by Crippen LogP contribution is -2.14. The predicted octanol–water partition coefficient (Wildman–Crippen LogP) is 2.54. The lowest BCUT2D eigenvalue weighted by atomic mass is 9.99. The van der Waals surface area contributed by atoms with E-state index in [1.54, 1.807) is 7.11 Å². The van der Waals surface area contributed by atoms with Crippen molar-refractivity contribution in [2.24, 2.45) is 5.73 Å². The summed E-state index contributed by atoms with van der Waals surface area (Å²) in [5, 5.41) is 0. The summed E-state index contributed by atoms with van der Waals surface area (Å²) < 4.78 is 11.1. The van der Waals surface area contributed by atoms with Crippen LogP contribution in [0, 0.1) is 0 Å². The van der Waals surface area contributed by atoms with Gasteiger partial charge in [0.2, 0.25) is 0 Å². The van der Waals surface area contributed by atoms with Crippen molar-refractivity contribution in [3.63, 3.8) is 0 Å². The third-order valence-corrected chi connectivity index (χ3v) is 2.46. The van der Waals surface area contributed by atoms with Crippen LogP contribution in [0.4, 0.5) is 0 Å². The van der Waals surface area contributed by atoms with Gasteiger partial charge < -0.3 is 15.2 Å². The molecule has 0 amide bonds. The van der Waals surface area contributed by atoms with Crippen molar-refractivity contribution in [3.05, 3.63) is 23.8 Å². The first-order valence-electron chi connectivity index (χ1n) is 5.63. The average Bonchev–Trinajstić information content (AvgIpc) is 2.27. The van der Waals surface area contributed by atoms with E-state index < -0.39 is 0 Å². The van der Waals surface area contributed by atoms with E-state index in [1.807, 2.05) is 32.0 Å². The highest BCUT2D eigenvalue weighted by Crippen LogP contribution is 2.35. The van der Waals surface area contributed by atoms with E-state index in [0.717, 1.165) is 17.1 Å². The van der Waals surface area contributed by atoms with Gasteiger partial charge in [-0.3, -0.25) is 0 Å². The van der Waals surface area contributed by atoms with Gasteiger partial charge in [0.25, 0.3) is 0 Å². The molecular weight excluding hydrogens is 202 g/mol. The minimum Gasteiger partial charge on any atom is -0.496 e. The smallest absolute Gasteiger partial charge is 0.126 e. The molecule has 0 aliphatic rings. The molecule has 0 fully saturated rings. The van der Waals surface area contributed by atoms with Crippen LogP contribution in [0.3, 0.4) is 0 Å². The molecule has 3 nitrogen and oxygen atoms in total. The Kier molecular flexibility index (Phi) is 4.62. The molecule has 1 rings (SSSR count). The highest BCUT2D eigenvalue weighted by atomic mass is 16.5. The van der Waals surface area contributed by atoms with Crippen molar-refractivity contribution in [1.29, 1.82) is 0 Å². The maximum Gasteiger partial charge on any atom is 0.126 e. The Balaban J connectivity index is 3.14. The molecule has 0 aliphatic heterocycles. The van der Waals surface area contributed by atoms with E-state index in [2.05, 4.69) is 6.92 Å². The van der Waals surface area contributed by atoms with Gasteiger partial charge in [0, 0.05) is 11.5 Å². The van der Waals surface area contributed by atoms with Crippen LogP contribution in [0.1, 0.15) is 32.3 Å². The van der Waals surface area contributed by atoms with Crippen molar-refractivity contribution in [2.75, 3.05) is 13.7 Å². The van der Waals surface area contributed by atoms with Crippen molar-refractivity contribution in [3.8, 4) is 11.5 Å². The molecule has 16 heavy (non-hydrogen) atoms. The first kappa shape index (κ1) is 12.8. The standard InChI is InChI=1S/C13H21NO2/c1-9(2)16-12-7-5-6-11(15-4)13(12)10(3)8-14/h5-7,9-10H,8,14H2,1-4H3. The van der Waals surface area contributed by atoms with Gasteiger partial charge in [0.05, 0.1) is 13.2 Å². The normalized spacial score (nSPS) is 12.6. The molecule has 2 N–H and O–H groups in total. The van der Waals surface area contributed by atoms with Crippen molar-refractivity contribution < 1.29 is 9.47 Å². The molecule has 0 aliphatic carbocycles. The zero-order valence-electron chi connectivity index (χ0n) is 10.5. The molecule has 0 aromatic heterocycles. The summed E-state index contributed by atoms with van der Waals surface area (Å²) in [6, 6.07) is 5.84. The van der Waals surface area contributed by atoms with Gasteiger partial charge >= 0.3 is 0 Å². The van der Waals surface area contributed by atoms with Crippen LogP contribution >= 0.6 is 0 Å². The molecule has 3 heteroatoms. The molecule has 1 atom stereocenters. The fourth-order valence-corrected chi connectivity index (χ4v) is 1.66. The van der Waals surface area contributed by atoms with Crippen LogP contribution in [-0.4, -0.2) is 19.8 Å². The van der Waals surface area contributed by atoms with Crippen LogP contribution in [0.5, 0.6) is 11.5 Å². The highest BCUT2D eigenvalue weighted by Gasteiger charge is 2.16. The molecule has 1 aromatic carbocycles. The molecule has 1 aromatic rings. The molecule has 0 saturated heterocycles. The van der Waals surface area contributed by atoms with E-state index in [9.17, 15) is 0 Å². The Morgan fingerprint density at radius 2 is 1.81 bits per heavy atom. The van der Waals surface area contributed by atoms with Crippen LogP contribution < -0.4 is 15.2 Å². The van der Waals surface area contributed by atoms with Crippen LogP contribution in [0.2, 0.25) is 0 Å². The van der Waals surface area contributed by atoms with E-state index in [4.69, 9.17) is 15.2 Å². The summed E-state index contributed by atoms with van der Waals surface area (Å²) in [4.78, 5) is 0. The SMILES string of the molecule is COc1cccc(OC(C)C)c1C(C)CN.